The molecule has 1 aromatic carbocycles. The number of hydrogen-bond acceptors (Lipinski definition) is 3. The summed E-state index contributed by atoms with van der Waals surface area (Å²) in [5.74, 6) is 0.379. The van der Waals surface area contributed by atoms with Gasteiger partial charge in [-0.3, -0.25) is 4.79 Å². The van der Waals surface area contributed by atoms with E-state index in [1.54, 1.807) is 25.3 Å². The number of rotatable bonds is 3. The highest BCUT2D eigenvalue weighted by atomic mass is 35.5. The van der Waals surface area contributed by atoms with Gasteiger partial charge in [0.15, 0.2) is 5.78 Å². The van der Waals surface area contributed by atoms with Crippen LogP contribution in [0.5, 0.6) is 5.75 Å². The van der Waals surface area contributed by atoms with Gasteiger partial charge in [0.05, 0.1) is 29.8 Å². The van der Waals surface area contributed by atoms with Gasteiger partial charge in [0.25, 0.3) is 0 Å². The van der Waals surface area contributed by atoms with Crippen molar-refractivity contribution in [3.05, 3.63) is 28.8 Å². The monoisotopic (exact) mass is 296 g/mol. The predicted molar refractivity (Wildman–Crippen MR) is 79.7 cm³/mol. The van der Waals surface area contributed by atoms with Crippen molar-refractivity contribution in [3.8, 4) is 5.75 Å². The van der Waals surface area contributed by atoms with Gasteiger partial charge in [0.1, 0.15) is 5.75 Å². The standard InChI is InChI=1S/C16H21ClO3/c1-15(2)9-12(16(3,4)20-15)14(18)11-8-10(17)6-7-13(11)19-5/h6-8,12H,9H2,1-5H3. The molecule has 1 unspecified atom stereocenters. The van der Waals surface area contributed by atoms with Gasteiger partial charge in [-0.05, 0) is 52.3 Å². The van der Waals surface area contributed by atoms with Crippen molar-refractivity contribution in [3.63, 3.8) is 0 Å². The van der Waals surface area contributed by atoms with E-state index in [1.807, 2.05) is 27.7 Å². The Kier molecular flexibility index (Phi) is 3.87. The van der Waals surface area contributed by atoms with E-state index in [4.69, 9.17) is 21.1 Å². The minimum Gasteiger partial charge on any atom is -0.496 e. The van der Waals surface area contributed by atoms with Gasteiger partial charge in [-0.15, -0.1) is 0 Å². The Bertz CT molecular complexity index is 535. The van der Waals surface area contributed by atoms with Crippen LogP contribution in [0.1, 0.15) is 44.5 Å². The quantitative estimate of drug-likeness (QED) is 0.787. The predicted octanol–water partition coefficient (Wildman–Crippen LogP) is 4.13. The lowest BCUT2D eigenvalue weighted by Crippen LogP contribution is -2.34. The van der Waals surface area contributed by atoms with E-state index in [2.05, 4.69) is 0 Å². The van der Waals surface area contributed by atoms with Crippen molar-refractivity contribution in [2.75, 3.05) is 7.11 Å². The molecule has 0 saturated carbocycles. The zero-order chi connectivity index (χ0) is 15.1. The Morgan fingerprint density at radius 2 is 2.00 bits per heavy atom. The highest BCUT2D eigenvalue weighted by Crippen LogP contribution is 2.44. The molecule has 110 valence electrons. The van der Waals surface area contributed by atoms with E-state index in [-0.39, 0.29) is 17.3 Å². The highest BCUT2D eigenvalue weighted by molar-refractivity contribution is 6.31. The van der Waals surface area contributed by atoms with E-state index in [0.717, 1.165) is 0 Å². The first kappa shape index (κ1) is 15.3. The lowest BCUT2D eigenvalue weighted by atomic mass is 9.81. The fourth-order valence-electron chi connectivity index (χ4n) is 3.03. The molecule has 1 saturated heterocycles. The Balaban J connectivity index is 2.39. The number of carbonyl (C=O) groups is 1. The van der Waals surface area contributed by atoms with Crippen LogP contribution in [0.4, 0.5) is 0 Å². The van der Waals surface area contributed by atoms with Crippen LogP contribution < -0.4 is 4.74 Å². The number of Topliss-reactive ketones (excluding diaryl/α,β-unsaturated/α-hetero) is 1. The summed E-state index contributed by atoms with van der Waals surface area (Å²) in [4.78, 5) is 12.9. The Hall–Kier alpha value is -1.06. The Labute approximate surface area is 125 Å². The van der Waals surface area contributed by atoms with E-state index >= 15 is 0 Å². The molecule has 3 nitrogen and oxygen atoms in total. The van der Waals surface area contributed by atoms with Gasteiger partial charge in [0, 0.05) is 5.02 Å². The molecule has 0 amide bonds. The van der Waals surface area contributed by atoms with Gasteiger partial charge >= 0.3 is 0 Å². The fourth-order valence-corrected chi connectivity index (χ4v) is 3.20. The largest absolute Gasteiger partial charge is 0.496 e. The summed E-state index contributed by atoms with van der Waals surface area (Å²) in [6.07, 6.45) is 0.689. The van der Waals surface area contributed by atoms with Crippen molar-refractivity contribution in [2.24, 2.45) is 5.92 Å². The number of ketones is 1. The third-order valence-electron chi connectivity index (χ3n) is 3.82. The minimum atomic E-state index is -0.492. The van der Waals surface area contributed by atoms with Gasteiger partial charge in [-0.25, -0.2) is 0 Å². The third kappa shape index (κ3) is 2.84. The third-order valence-corrected chi connectivity index (χ3v) is 4.05. The topological polar surface area (TPSA) is 35.5 Å². The molecule has 1 heterocycles. The molecule has 1 aliphatic rings. The van der Waals surface area contributed by atoms with E-state index in [1.165, 1.54) is 0 Å². The first-order chi connectivity index (χ1) is 9.16. The number of hydrogen-bond donors (Lipinski definition) is 0. The SMILES string of the molecule is COc1ccc(Cl)cc1C(=O)C1CC(C)(C)OC1(C)C. The maximum Gasteiger partial charge on any atom is 0.172 e. The summed E-state index contributed by atoms with van der Waals surface area (Å²) in [7, 11) is 1.56. The molecule has 1 atom stereocenters. The van der Waals surface area contributed by atoms with Crippen LogP contribution in [0, 0.1) is 5.92 Å². The van der Waals surface area contributed by atoms with Crippen LogP contribution in [-0.4, -0.2) is 24.1 Å². The number of ether oxygens (including phenoxy) is 2. The molecule has 0 aromatic heterocycles. The average molecular weight is 297 g/mol. The summed E-state index contributed by atoms with van der Waals surface area (Å²) in [6, 6.07) is 5.12. The molecule has 4 heteroatoms. The Morgan fingerprint density at radius 1 is 1.35 bits per heavy atom. The molecule has 1 aliphatic heterocycles. The van der Waals surface area contributed by atoms with Crippen LogP contribution in [0.2, 0.25) is 5.02 Å². The summed E-state index contributed by atoms with van der Waals surface area (Å²) in [5, 5.41) is 0.533. The molecule has 0 radical (unpaired) electrons. The van der Waals surface area contributed by atoms with Gasteiger partial charge in [-0.1, -0.05) is 11.6 Å². The molecule has 20 heavy (non-hydrogen) atoms. The van der Waals surface area contributed by atoms with Crippen molar-refractivity contribution >= 4 is 17.4 Å². The van der Waals surface area contributed by atoms with Crippen LogP contribution in [0.3, 0.4) is 0 Å². The molecule has 0 spiro atoms. The van der Waals surface area contributed by atoms with Crippen LogP contribution in [-0.2, 0) is 4.74 Å². The normalized spacial score (nSPS) is 23.6. The number of carbonyl (C=O) groups excluding carboxylic acids is 1. The van der Waals surface area contributed by atoms with Gasteiger partial charge < -0.3 is 9.47 Å². The first-order valence-electron chi connectivity index (χ1n) is 6.74. The minimum absolute atomic E-state index is 0.0277. The number of halogens is 1. The second-order valence-corrected chi connectivity index (χ2v) is 6.87. The second-order valence-electron chi connectivity index (χ2n) is 6.43. The molecule has 2 rings (SSSR count). The van der Waals surface area contributed by atoms with Crippen LogP contribution >= 0.6 is 11.6 Å². The molecule has 0 bridgehead atoms. The molecule has 1 aromatic rings. The lowest BCUT2D eigenvalue weighted by molar-refractivity contribution is -0.0712. The zero-order valence-corrected chi connectivity index (χ0v) is 13.4. The molecular formula is C16H21ClO3. The molecule has 1 fully saturated rings. The van der Waals surface area contributed by atoms with Crippen molar-refractivity contribution in [1.82, 2.24) is 0 Å². The molecule has 0 N–H and O–H groups in total. The number of methoxy groups -OCH3 is 1. The first-order valence-corrected chi connectivity index (χ1v) is 7.12. The summed E-state index contributed by atoms with van der Waals surface area (Å²) >= 11 is 6.01. The van der Waals surface area contributed by atoms with Crippen LogP contribution in [0.25, 0.3) is 0 Å². The summed E-state index contributed by atoms with van der Waals surface area (Å²) < 4.78 is 11.3. The van der Waals surface area contributed by atoms with Gasteiger partial charge in [0.2, 0.25) is 0 Å². The second kappa shape index (κ2) is 5.05. The maximum atomic E-state index is 12.9. The van der Waals surface area contributed by atoms with E-state index in [9.17, 15) is 4.79 Å². The summed E-state index contributed by atoms with van der Waals surface area (Å²) in [5.41, 5.74) is -0.261. The summed E-state index contributed by atoms with van der Waals surface area (Å²) in [6.45, 7) is 7.94. The number of benzene rings is 1. The maximum absolute atomic E-state index is 12.9. The molecule has 0 aliphatic carbocycles. The molecular weight excluding hydrogens is 276 g/mol. The Morgan fingerprint density at radius 3 is 2.50 bits per heavy atom. The fraction of sp³-hybridized carbons (Fsp3) is 0.562. The van der Waals surface area contributed by atoms with E-state index in [0.29, 0.717) is 22.8 Å². The van der Waals surface area contributed by atoms with Crippen molar-refractivity contribution in [2.45, 2.75) is 45.3 Å². The van der Waals surface area contributed by atoms with Crippen molar-refractivity contribution in [1.29, 1.82) is 0 Å². The van der Waals surface area contributed by atoms with Crippen LogP contribution in [0.15, 0.2) is 18.2 Å². The lowest BCUT2D eigenvalue weighted by Gasteiger charge is -2.27. The smallest absolute Gasteiger partial charge is 0.172 e. The van der Waals surface area contributed by atoms with Crippen molar-refractivity contribution < 1.29 is 14.3 Å². The highest BCUT2D eigenvalue weighted by Gasteiger charge is 2.49. The average Bonchev–Trinajstić information content (AvgIpc) is 2.56. The van der Waals surface area contributed by atoms with Gasteiger partial charge in [-0.2, -0.15) is 0 Å². The van der Waals surface area contributed by atoms with E-state index < -0.39 is 5.60 Å². The zero-order valence-electron chi connectivity index (χ0n) is 12.6.